The van der Waals surface area contributed by atoms with E-state index in [1.165, 1.54) is 18.6 Å². The molecule has 2 aromatic heterocycles. The van der Waals surface area contributed by atoms with Crippen LogP contribution in [-0.2, 0) is 0 Å². The lowest BCUT2D eigenvalue weighted by atomic mass is 10.2. The fourth-order valence-electron chi connectivity index (χ4n) is 1.95. The molecule has 15 heavy (non-hydrogen) atoms. The lowest BCUT2D eigenvalue weighted by Gasteiger charge is -2.01. The number of nitrogens with zero attached hydrogens (tertiary/aromatic N) is 2. The average Bonchev–Trinajstić information content (AvgIpc) is 2.84. The molecule has 3 heterocycles. The maximum atomic E-state index is 4.57. The zero-order valence-electron chi connectivity index (χ0n) is 8.66. The average molecular weight is 219 g/mol. The number of hydrogen-bond acceptors (Lipinski definition) is 3. The van der Waals surface area contributed by atoms with Crippen LogP contribution in [0, 0.1) is 6.92 Å². The highest BCUT2D eigenvalue weighted by atomic mass is 32.2. The highest BCUT2D eigenvalue weighted by Crippen LogP contribution is 2.38. The summed E-state index contributed by atoms with van der Waals surface area (Å²) in [4.78, 5) is 12.4. The first-order valence-corrected chi connectivity index (χ1v) is 6.33. The van der Waals surface area contributed by atoms with Gasteiger partial charge in [0.2, 0.25) is 0 Å². The van der Waals surface area contributed by atoms with Crippen LogP contribution in [0.5, 0.6) is 0 Å². The number of H-pyrrole nitrogens is 1. The van der Waals surface area contributed by atoms with Crippen molar-refractivity contribution in [3.05, 3.63) is 23.7 Å². The maximum Gasteiger partial charge on any atom is 0.177 e. The Morgan fingerprint density at radius 3 is 3.13 bits per heavy atom. The summed E-state index contributed by atoms with van der Waals surface area (Å²) >= 11 is 1.99. The summed E-state index contributed by atoms with van der Waals surface area (Å²) in [5.74, 6) is 2.36. The molecule has 0 saturated carbocycles. The summed E-state index contributed by atoms with van der Waals surface area (Å²) in [5, 5.41) is 0.555. The summed E-state index contributed by atoms with van der Waals surface area (Å²) in [6.45, 7) is 2.00. The molecular weight excluding hydrogens is 206 g/mol. The van der Waals surface area contributed by atoms with Crippen LogP contribution >= 0.6 is 11.8 Å². The van der Waals surface area contributed by atoms with Gasteiger partial charge in [0.05, 0.1) is 10.8 Å². The van der Waals surface area contributed by atoms with E-state index in [-0.39, 0.29) is 0 Å². The second kappa shape index (κ2) is 3.52. The number of imidazole rings is 1. The minimum Gasteiger partial charge on any atom is -0.340 e. The smallest absolute Gasteiger partial charge is 0.177 e. The Kier molecular flexibility index (Phi) is 2.16. The summed E-state index contributed by atoms with van der Waals surface area (Å²) < 4.78 is 0. The molecule has 1 N–H and O–H groups in total. The van der Waals surface area contributed by atoms with Crippen LogP contribution in [0.3, 0.4) is 0 Å². The molecule has 1 fully saturated rings. The summed E-state index contributed by atoms with van der Waals surface area (Å²) in [6, 6.07) is 4.08. The predicted octanol–water partition coefficient (Wildman–Crippen LogP) is 2.83. The molecule has 3 rings (SSSR count). The molecule has 4 heteroatoms. The van der Waals surface area contributed by atoms with Crippen molar-refractivity contribution >= 4 is 22.9 Å². The molecule has 1 aliphatic rings. The number of hydrogen-bond donors (Lipinski definition) is 1. The molecule has 1 atom stereocenters. The largest absolute Gasteiger partial charge is 0.340 e. The molecule has 3 nitrogen and oxygen atoms in total. The van der Waals surface area contributed by atoms with Gasteiger partial charge in [-0.3, -0.25) is 0 Å². The highest BCUT2D eigenvalue weighted by Gasteiger charge is 2.21. The van der Waals surface area contributed by atoms with Crippen LogP contribution in [0.4, 0.5) is 0 Å². The lowest BCUT2D eigenvalue weighted by Crippen LogP contribution is -1.90. The molecule has 0 radical (unpaired) electrons. The van der Waals surface area contributed by atoms with Gasteiger partial charge in [0.15, 0.2) is 5.65 Å². The normalized spacial score (nSPS) is 21.3. The van der Waals surface area contributed by atoms with Crippen molar-refractivity contribution in [1.82, 2.24) is 15.0 Å². The second-order valence-electron chi connectivity index (χ2n) is 3.95. The van der Waals surface area contributed by atoms with Gasteiger partial charge in [-0.05, 0) is 37.7 Å². The first-order valence-electron chi connectivity index (χ1n) is 5.28. The Hall–Kier alpha value is -1.03. The molecule has 0 bridgehead atoms. The van der Waals surface area contributed by atoms with E-state index in [9.17, 15) is 0 Å². The number of rotatable bonds is 1. The van der Waals surface area contributed by atoms with E-state index in [0.29, 0.717) is 5.25 Å². The third-order valence-electron chi connectivity index (χ3n) is 2.74. The molecule has 78 valence electrons. The number of nitrogens with one attached hydrogen (secondary N) is 1. The van der Waals surface area contributed by atoms with E-state index >= 15 is 0 Å². The van der Waals surface area contributed by atoms with E-state index in [4.69, 9.17) is 0 Å². The fourth-order valence-corrected chi connectivity index (χ4v) is 3.17. The molecule has 1 aliphatic heterocycles. The minimum absolute atomic E-state index is 0.555. The molecule has 1 saturated heterocycles. The number of pyridine rings is 1. The zero-order chi connectivity index (χ0) is 10.3. The number of aromatic amines is 1. The van der Waals surface area contributed by atoms with Crippen molar-refractivity contribution in [1.29, 1.82) is 0 Å². The molecule has 0 spiro atoms. The predicted molar refractivity (Wildman–Crippen MR) is 63.1 cm³/mol. The van der Waals surface area contributed by atoms with Gasteiger partial charge < -0.3 is 4.98 Å². The minimum atomic E-state index is 0.555. The Labute approximate surface area is 92.7 Å². The van der Waals surface area contributed by atoms with Crippen LogP contribution in [0.1, 0.15) is 29.6 Å². The number of fused-ring (bicyclic) bond motifs is 1. The second-order valence-corrected chi connectivity index (χ2v) is 5.26. The molecule has 2 aromatic rings. The van der Waals surface area contributed by atoms with Crippen LogP contribution in [0.2, 0.25) is 0 Å². The Morgan fingerprint density at radius 1 is 1.40 bits per heavy atom. The van der Waals surface area contributed by atoms with Crippen LogP contribution in [0.25, 0.3) is 11.2 Å². The number of aromatic nitrogens is 3. The van der Waals surface area contributed by atoms with Gasteiger partial charge in [0, 0.05) is 5.69 Å². The monoisotopic (exact) mass is 219 g/mol. The Morgan fingerprint density at radius 2 is 2.33 bits per heavy atom. The fraction of sp³-hybridized carbons (Fsp3) is 0.455. The van der Waals surface area contributed by atoms with E-state index in [2.05, 4.69) is 21.0 Å². The van der Waals surface area contributed by atoms with Gasteiger partial charge in [-0.1, -0.05) is 0 Å². The third kappa shape index (κ3) is 1.63. The van der Waals surface area contributed by atoms with E-state index in [0.717, 1.165) is 22.7 Å². The third-order valence-corrected chi connectivity index (χ3v) is 4.12. The number of aryl methyl sites for hydroxylation is 1. The summed E-state index contributed by atoms with van der Waals surface area (Å²) in [5.41, 5.74) is 2.94. The van der Waals surface area contributed by atoms with Gasteiger partial charge in [0.1, 0.15) is 5.82 Å². The first-order chi connectivity index (χ1) is 7.33. The van der Waals surface area contributed by atoms with Crippen LogP contribution in [0.15, 0.2) is 12.1 Å². The van der Waals surface area contributed by atoms with Crippen molar-refractivity contribution in [2.45, 2.75) is 25.0 Å². The van der Waals surface area contributed by atoms with Crippen LogP contribution < -0.4 is 0 Å². The quantitative estimate of drug-likeness (QED) is 0.802. The van der Waals surface area contributed by atoms with Crippen molar-refractivity contribution in [2.24, 2.45) is 0 Å². The lowest BCUT2D eigenvalue weighted by molar-refractivity contribution is 0.792. The summed E-state index contributed by atoms with van der Waals surface area (Å²) in [7, 11) is 0. The molecular formula is C11H13N3S. The highest BCUT2D eigenvalue weighted by molar-refractivity contribution is 7.99. The molecule has 1 unspecified atom stereocenters. The van der Waals surface area contributed by atoms with Gasteiger partial charge in [0.25, 0.3) is 0 Å². The topological polar surface area (TPSA) is 41.6 Å². The van der Waals surface area contributed by atoms with Gasteiger partial charge in [-0.25, -0.2) is 9.97 Å². The zero-order valence-corrected chi connectivity index (χ0v) is 9.47. The van der Waals surface area contributed by atoms with Crippen molar-refractivity contribution in [3.63, 3.8) is 0 Å². The first kappa shape index (κ1) is 9.21. The van der Waals surface area contributed by atoms with E-state index in [1.807, 2.05) is 24.8 Å². The van der Waals surface area contributed by atoms with Gasteiger partial charge >= 0.3 is 0 Å². The molecule has 0 amide bonds. The Balaban J connectivity index is 2.05. The van der Waals surface area contributed by atoms with E-state index < -0.39 is 0 Å². The number of thioether (sulfide) groups is 1. The van der Waals surface area contributed by atoms with Crippen molar-refractivity contribution in [3.8, 4) is 0 Å². The van der Waals surface area contributed by atoms with Gasteiger partial charge in [-0.2, -0.15) is 11.8 Å². The molecule has 0 aromatic carbocycles. The summed E-state index contributed by atoms with van der Waals surface area (Å²) in [6.07, 6.45) is 2.54. The van der Waals surface area contributed by atoms with Gasteiger partial charge in [-0.15, -0.1) is 0 Å². The molecule has 0 aliphatic carbocycles. The SMILES string of the molecule is Cc1ccc2[nH]c(C3CCCS3)nc2n1. The Bertz CT molecular complexity index is 486. The maximum absolute atomic E-state index is 4.57. The van der Waals surface area contributed by atoms with Crippen molar-refractivity contribution < 1.29 is 0 Å². The van der Waals surface area contributed by atoms with Crippen LogP contribution in [-0.4, -0.2) is 20.7 Å². The standard InChI is InChI=1S/C11H13N3S/c1-7-4-5-8-10(12-7)14-11(13-8)9-3-2-6-15-9/h4-5,9H,2-3,6H2,1H3,(H,12,13,14). The van der Waals surface area contributed by atoms with E-state index in [1.54, 1.807) is 0 Å². The van der Waals surface area contributed by atoms with Crippen molar-refractivity contribution in [2.75, 3.05) is 5.75 Å².